The van der Waals surface area contributed by atoms with Gasteiger partial charge in [0, 0.05) is 38.9 Å². The summed E-state index contributed by atoms with van der Waals surface area (Å²) in [6.07, 6.45) is 9.17. The average Bonchev–Trinajstić information content (AvgIpc) is 3.54. The lowest BCUT2D eigenvalue weighted by Gasteiger charge is -2.32. The lowest BCUT2D eigenvalue weighted by atomic mass is 9.99. The molecule has 1 saturated carbocycles. The summed E-state index contributed by atoms with van der Waals surface area (Å²) in [5, 5.41) is 2.91. The average molecular weight is 478 g/mol. The van der Waals surface area contributed by atoms with Crippen molar-refractivity contribution in [3.63, 3.8) is 0 Å². The fourth-order valence-corrected chi connectivity index (χ4v) is 5.35. The smallest absolute Gasteiger partial charge is 0.322 e. The molecule has 0 bridgehead atoms. The number of carbonyl (C=O) groups excluding carboxylic acids is 2. The number of nitrogens with zero attached hydrogens (tertiary/aromatic N) is 4. The third-order valence-corrected chi connectivity index (χ3v) is 7.34. The summed E-state index contributed by atoms with van der Waals surface area (Å²) in [5.74, 6) is 0.265. The molecule has 1 aromatic carbocycles. The normalized spacial score (nSPS) is 17.8. The number of aromatic nitrogens is 1. The van der Waals surface area contributed by atoms with Crippen molar-refractivity contribution in [1.29, 1.82) is 0 Å². The Morgan fingerprint density at radius 3 is 2.63 bits per heavy atom. The van der Waals surface area contributed by atoms with E-state index in [0.717, 1.165) is 29.8 Å². The Kier molecular flexibility index (Phi) is 6.70. The van der Waals surface area contributed by atoms with Crippen molar-refractivity contribution >= 4 is 23.3 Å². The van der Waals surface area contributed by atoms with Crippen molar-refractivity contribution in [2.45, 2.75) is 45.2 Å². The van der Waals surface area contributed by atoms with Crippen LogP contribution in [0.25, 0.3) is 5.57 Å². The van der Waals surface area contributed by atoms with Gasteiger partial charge in [0.1, 0.15) is 5.82 Å². The van der Waals surface area contributed by atoms with E-state index in [4.69, 9.17) is 0 Å². The molecule has 1 aromatic heterocycles. The first-order valence-electron chi connectivity index (χ1n) is 12.4. The van der Waals surface area contributed by atoms with Crippen LogP contribution in [0.5, 0.6) is 0 Å². The van der Waals surface area contributed by atoms with Gasteiger partial charge in [0.2, 0.25) is 0 Å². The molecule has 5 rings (SSSR count). The van der Waals surface area contributed by atoms with Gasteiger partial charge in [-0.25, -0.2) is 14.0 Å². The predicted octanol–water partition coefficient (Wildman–Crippen LogP) is 5.10. The van der Waals surface area contributed by atoms with Crippen LogP contribution in [0.15, 0.2) is 42.6 Å². The zero-order chi connectivity index (χ0) is 24.4. The van der Waals surface area contributed by atoms with E-state index in [0.29, 0.717) is 37.8 Å². The van der Waals surface area contributed by atoms with Crippen LogP contribution >= 0.6 is 0 Å². The van der Waals surface area contributed by atoms with E-state index in [1.54, 1.807) is 4.90 Å². The summed E-state index contributed by atoms with van der Waals surface area (Å²) >= 11 is 0. The van der Waals surface area contributed by atoms with Gasteiger partial charge in [0.05, 0.1) is 18.4 Å². The second-order valence-corrected chi connectivity index (χ2v) is 9.86. The molecule has 0 radical (unpaired) electrons. The zero-order valence-electron chi connectivity index (χ0n) is 20.2. The van der Waals surface area contributed by atoms with Gasteiger partial charge in [-0.15, -0.1) is 0 Å². The minimum absolute atomic E-state index is 0.118. The lowest BCUT2D eigenvalue weighted by Crippen LogP contribution is -2.44. The third kappa shape index (κ3) is 5.31. The molecule has 3 aliphatic rings. The SMILES string of the molecule is CN(CC1CCCC1)C(=O)N1CC=C(c2ccc(NC(=O)N3Cc4cc(F)cnc4C3)cc2)CC1. The molecule has 0 atom stereocenters. The second-order valence-electron chi connectivity index (χ2n) is 9.86. The Bertz CT molecular complexity index is 1130. The van der Waals surface area contributed by atoms with Gasteiger partial charge in [0.25, 0.3) is 0 Å². The van der Waals surface area contributed by atoms with Crippen LogP contribution in [0.4, 0.5) is 19.7 Å². The van der Waals surface area contributed by atoms with Crippen molar-refractivity contribution in [1.82, 2.24) is 19.7 Å². The molecule has 35 heavy (non-hydrogen) atoms. The van der Waals surface area contributed by atoms with Crippen LogP contribution in [-0.4, -0.2) is 58.4 Å². The molecule has 3 heterocycles. The van der Waals surface area contributed by atoms with Gasteiger partial charge in [-0.1, -0.05) is 31.1 Å². The highest BCUT2D eigenvalue weighted by Gasteiger charge is 2.26. The van der Waals surface area contributed by atoms with Crippen molar-refractivity contribution < 1.29 is 14.0 Å². The first-order valence-corrected chi connectivity index (χ1v) is 12.4. The predicted molar refractivity (Wildman–Crippen MR) is 133 cm³/mol. The molecule has 1 aliphatic carbocycles. The molecule has 184 valence electrons. The van der Waals surface area contributed by atoms with Crippen molar-refractivity contribution in [2.75, 3.05) is 32.0 Å². The molecule has 1 fully saturated rings. The molecule has 2 aromatic rings. The highest BCUT2D eigenvalue weighted by Crippen LogP contribution is 2.27. The molecular formula is C27H32FN5O2. The summed E-state index contributed by atoms with van der Waals surface area (Å²) in [7, 11) is 1.92. The zero-order valence-corrected chi connectivity index (χ0v) is 20.2. The molecule has 0 spiro atoms. The maximum atomic E-state index is 13.4. The largest absolute Gasteiger partial charge is 0.327 e. The van der Waals surface area contributed by atoms with Crippen LogP contribution in [0.3, 0.4) is 0 Å². The van der Waals surface area contributed by atoms with E-state index in [9.17, 15) is 14.0 Å². The van der Waals surface area contributed by atoms with Crippen molar-refractivity contribution in [3.05, 3.63) is 65.2 Å². The van der Waals surface area contributed by atoms with Crippen molar-refractivity contribution in [2.24, 2.45) is 5.92 Å². The second kappa shape index (κ2) is 10.1. The van der Waals surface area contributed by atoms with Crippen LogP contribution in [-0.2, 0) is 13.1 Å². The van der Waals surface area contributed by atoms with Gasteiger partial charge in [-0.3, -0.25) is 4.98 Å². The number of rotatable bonds is 4. The molecule has 1 N–H and O–H groups in total. The molecule has 2 aliphatic heterocycles. The van der Waals surface area contributed by atoms with Crippen molar-refractivity contribution in [3.8, 4) is 0 Å². The van der Waals surface area contributed by atoms with Gasteiger partial charge in [-0.2, -0.15) is 0 Å². The van der Waals surface area contributed by atoms with Gasteiger partial charge < -0.3 is 20.0 Å². The number of benzene rings is 1. The number of nitrogens with one attached hydrogen (secondary N) is 1. The number of hydrogen-bond acceptors (Lipinski definition) is 3. The number of fused-ring (bicyclic) bond motifs is 1. The Labute approximate surface area is 205 Å². The van der Waals surface area contributed by atoms with Gasteiger partial charge in [-0.05, 0) is 60.1 Å². The molecule has 0 unspecified atom stereocenters. The maximum Gasteiger partial charge on any atom is 0.322 e. The number of pyridine rings is 1. The van der Waals surface area contributed by atoms with E-state index >= 15 is 0 Å². The number of amides is 4. The first-order chi connectivity index (χ1) is 17.0. The highest BCUT2D eigenvalue weighted by atomic mass is 19.1. The highest BCUT2D eigenvalue weighted by molar-refractivity contribution is 5.90. The van der Waals surface area contributed by atoms with E-state index in [1.165, 1.54) is 43.5 Å². The Morgan fingerprint density at radius 1 is 1.14 bits per heavy atom. The quantitative estimate of drug-likeness (QED) is 0.666. The van der Waals surface area contributed by atoms with E-state index in [2.05, 4.69) is 16.4 Å². The standard InChI is InChI=1S/C27H32FN5O2/c1-31(16-19-4-2-3-5-19)27(35)32-12-10-21(11-13-32)20-6-8-24(9-7-20)30-26(34)33-17-22-14-23(28)15-29-25(22)18-33/h6-10,14-15,19H,2-5,11-13,16-18H2,1H3,(H,30,34). The summed E-state index contributed by atoms with van der Waals surface area (Å²) in [4.78, 5) is 35.0. The minimum atomic E-state index is -0.387. The van der Waals surface area contributed by atoms with Crippen LogP contribution in [0, 0.1) is 11.7 Å². The summed E-state index contributed by atoms with van der Waals surface area (Å²) in [6, 6.07) is 9.10. The molecule has 7 nitrogen and oxygen atoms in total. The number of hydrogen-bond donors (Lipinski definition) is 1. The van der Waals surface area contributed by atoms with E-state index < -0.39 is 0 Å². The Balaban J connectivity index is 1.13. The number of urea groups is 2. The topological polar surface area (TPSA) is 68.8 Å². The molecule has 0 saturated heterocycles. The van der Waals surface area contributed by atoms with E-state index in [1.807, 2.05) is 41.1 Å². The van der Waals surface area contributed by atoms with Gasteiger partial charge >= 0.3 is 12.1 Å². The summed E-state index contributed by atoms with van der Waals surface area (Å²) in [5.41, 5.74) is 4.50. The fraction of sp³-hybridized carbons (Fsp3) is 0.444. The van der Waals surface area contributed by atoms with E-state index in [-0.39, 0.29) is 17.9 Å². The Morgan fingerprint density at radius 2 is 1.91 bits per heavy atom. The minimum Gasteiger partial charge on any atom is -0.327 e. The monoisotopic (exact) mass is 477 g/mol. The van der Waals surface area contributed by atoms with Crippen LogP contribution in [0.2, 0.25) is 0 Å². The van der Waals surface area contributed by atoms with Crippen LogP contribution in [0.1, 0.15) is 48.9 Å². The summed E-state index contributed by atoms with van der Waals surface area (Å²) < 4.78 is 13.4. The first kappa shape index (κ1) is 23.3. The number of carbonyl (C=O) groups is 2. The Hall–Kier alpha value is -3.42. The van der Waals surface area contributed by atoms with Gasteiger partial charge in [0.15, 0.2) is 0 Å². The third-order valence-electron chi connectivity index (χ3n) is 7.34. The maximum absolute atomic E-state index is 13.4. The summed E-state index contributed by atoms with van der Waals surface area (Å²) in [6.45, 7) is 2.91. The molecule has 4 amide bonds. The molecular weight excluding hydrogens is 445 g/mol. The molecule has 8 heteroatoms. The lowest BCUT2D eigenvalue weighted by molar-refractivity contribution is 0.160. The fourth-order valence-electron chi connectivity index (χ4n) is 5.35. The number of halogens is 1. The van der Waals surface area contributed by atoms with Crippen LogP contribution < -0.4 is 5.32 Å². The number of anilines is 1.